The molecule has 0 aromatic carbocycles. The van der Waals surface area contributed by atoms with E-state index in [1.165, 1.54) is 0 Å². The highest BCUT2D eigenvalue weighted by Gasteiger charge is 2.61. The number of ether oxygens (including phenoxy) is 2. The summed E-state index contributed by atoms with van der Waals surface area (Å²) in [6, 6.07) is 0. The number of carbonyl (C=O) groups excluding carboxylic acids is 1. The zero-order valence-corrected chi connectivity index (χ0v) is 6.50. The van der Waals surface area contributed by atoms with Crippen molar-refractivity contribution in [3.05, 3.63) is 12.7 Å². The van der Waals surface area contributed by atoms with Crippen LogP contribution in [0.4, 0.5) is 13.2 Å². The number of alkyl halides is 3. The van der Waals surface area contributed by atoms with Crippen LogP contribution < -0.4 is 0 Å². The highest BCUT2D eigenvalue weighted by molar-refractivity contribution is 5.81. The lowest BCUT2D eigenvalue weighted by atomic mass is 10.1. The van der Waals surface area contributed by atoms with E-state index in [4.69, 9.17) is 0 Å². The summed E-state index contributed by atoms with van der Waals surface area (Å²) in [7, 11) is 0. The van der Waals surface area contributed by atoms with Crippen LogP contribution in [0.3, 0.4) is 0 Å². The van der Waals surface area contributed by atoms with Gasteiger partial charge in [0.1, 0.15) is 6.61 Å². The van der Waals surface area contributed by atoms with Gasteiger partial charge in [-0.15, -0.1) is 0 Å². The lowest BCUT2D eigenvalue weighted by Gasteiger charge is -2.38. The molecule has 1 rings (SSSR count). The van der Waals surface area contributed by atoms with Crippen molar-refractivity contribution in [2.75, 3.05) is 6.61 Å². The van der Waals surface area contributed by atoms with Crippen molar-refractivity contribution in [2.45, 2.75) is 18.4 Å². The second kappa shape index (κ2) is 3.37. The van der Waals surface area contributed by atoms with Crippen molar-refractivity contribution in [3.8, 4) is 0 Å². The summed E-state index contributed by atoms with van der Waals surface area (Å²) in [6.07, 6.45) is -3.46. The van der Waals surface area contributed by atoms with Crippen LogP contribution in [0, 0.1) is 0 Å². The topological polar surface area (TPSA) is 35.5 Å². The maximum atomic E-state index is 12.4. The monoisotopic (exact) mass is 196 g/mol. The Kier molecular flexibility index (Phi) is 2.60. The zero-order chi connectivity index (χ0) is 10.1. The number of hydrogen-bond acceptors (Lipinski definition) is 3. The lowest BCUT2D eigenvalue weighted by Crippen LogP contribution is -2.59. The highest BCUT2D eigenvalue weighted by Crippen LogP contribution is 2.39. The number of halogens is 3. The van der Waals surface area contributed by atoms with Gasteiger partial charge in [-0.3, -0.25) is 0 Å². The molecule has 1 aliphatic heterocycles. The van der Waals surface area contributed by atoms with Crippen LogP contribution >= 0.6 is 0 Å². The standard InChI is InChI=1S/C7H7F3O3/c1-2-5(11)12-3-4-7(9,10)6(8)13-4/h2,4,6H,1,3H2. The molecule has 1 heterocycles. The minimum absolute atomic E-state index is 0.668. The zero-order valence-electron chi connectivity index (χ0n) is 6.50. The average molecular weight is 196 g/mol. The van der Waals surface area contributed by atoms with E-state index in [0.717, 1.165) is 6.08 Å². The van der Waals surface area contributed by atoms with E-state index in [0.29, 0.717) is 0 Å². The Morgan fingerprint density at radius 3 is 2.69 bits per heavy atom. The molecule has 2 unspecified atom stereocenters. The third-order valence-corrected chi connectivity index (χ3v) is 1.56. The molecule has 0 bridgehead atoms. The molecular formula is C7H7F3O3. The number of carbonyl (C=O) groups is 1. The minimum atomic E-state index is -3.57. The van der Waals surface area contributed by atoms with Crippen molar-refractivity contribution in [1.82, 2.24) is 0 Å². The van der Waals surface area contributed by atoms with Crippen molar-refractivity contribution < 1.29 is 27.4 Å². The molecule has 0 saturated carbocycles. The van der Waals surface area contributed by atoms with Crippen molar-refractivity contribution in [2.24, 2.45) is 0 Å². The van der Waals surface area contributed by atoms with Crippen LogP contribution in [0.1, 0.15) is 0 Å². The van der Waals surface area contributed by atoms with Gasteiger partial charge in [0.15, 0.2) is 6.10 Å². The van der Waals surface area contributed by atoms with Gasteiger partial charge in [-0.25, -0.2) is 9.18 Å². The Morgan fingerprint density at radius 2 is 2.31 bits per heavy atom. The highest BCUT2D eigenvalue weighted by atomic mass is 19.3. The molecule has 13 heavy (non-hydrogen) atoms. The average Bonchev–Trinajstić information content (AvgIpc) is 2.11. The SMILES string of the molecule is C=CC(=O)OCC1OC(F)C1(F)F. The first-order chi connectivity index (χ1) is 5.98. The Balaban J connectivity index is 2.32. The number of esters is 1. The van der Waals surface area contributed by atoms with E-state index in [2.05, 4.69) is 16.1 Å². The fraction of sp³-hybridized carbons (Fsp3) is 0.571. The second-order valence-electron chi connectivity index (χ2n) is 2.45. The molecule has 1 saturated heterocycles. The molecule has 0 aromatic heterocycles. The fourth-order valence-corrected chi connectivity index (χ4v) is 0.767. The molecule has 3 nitrogen and oxygen atoms in total. The Bertz CT molecular complexity index is 229. The summed E-state index contributed by atoms with van der Waals surface area (Å²) in [5, 5.41) is 0. The maximum absolute atomic E-state index is 12.4. The van der Waals surface area contributed by atoms with Crippen LogP contribution in [-0.4, -0.2) is 31.0 Å². The van der Waals surface area contributed by atoms with Gasteiger partial charge in [-0.2, -0.15) is 8.78 Å². The summed E-state index contributed by atoms with van der Waals surface area (Å²) in [6.45, 7) is 2.39. The van der Waals surface area contributed by atoms with Crippen LogP contribution in [0.25, 0.3) is 0 Å². The van der Waals surface area contributed by atoms with Crippen LogP contribution in [0.2, 0.25) is 0 Å². The molecule has 0 N–H and O–H groups in total. The first kappa shape index (κ1) is 10.0. The fourth-order valence-electron chi connectivity index (χ4n) is 0.767. The van der Waals surface area contributed by atoms with E-state index in [-0.39, 0.29) is 0 Å². The summed E-state index contributed by atoms with van der Waals surface area (Å²) >= 11 is 0. The van der Waals surface area contributed by atoms with Gasteiger partial charge >= 0.3 is 11.9 Å². The van der Waals surface area contributed by atoms with E-state index < -0.39 is 31.0 Å². The maximum Gasteiger partial charge on any atom is 0.331 e. The van der Waals surface area contributed by atoms with E-state index in [1.807, 2.05) is 0 Å². The largest absolute Gasteiger partial charge is 0.460 e. The summed E-state index contributed by atoms with van der Waals surface area (Å²) in [4.78, 5) is 10.4. The van der Waals surface area contributed by atoms with Gasteiger partial charge in [0, 0.05) is 6.08 Å². The molecule has 0 radical (unpaired) electrons. The molecule has 74 valence electrons. The van der Waals surface area contributed by atoms with Gasteiger partial charge in [-0.1, -0.05) is 6.58 Å². The van der Waals surface area contributed by atoms with Gasteiger partial charge < -0.3 is 9.47 Å². The molecule has 2 atom stereocenters. The number of rotatable bonds is 3. The van der Waals surface area contributed by atoms with E-state index >= 15 is 0 Å². The molecule has 0 spiro atoms. The predicted octanol–water partition coefficient (Wildman–Crippen LogP) is 1.05. The molecule has 0 amide bonds. The minimum Gasteiger partial charge on any atom is -0.460 e. The van der Waals surface area contributed by atoms with Crippen molar-refractivity contribution in [1.29, 1.82) is 0 Å². The van der Waals surface area contributed by atoms with Crippen LogP contribution in [0.5, 0.6) is 0 Å². The summed E-state index contributed by atoms with van der Waals surface area (Å²) in [5.74, 6) is -4.41. The molecule has 1 fully saturated rings. The van der Waals surface area contributed by atoms with Crippen LogP contribution in [0.15, 0.2) is 12.7 Å². The van der Waals surface area contributed by atoms with Gasteiger partial charge in [0.05, 0.1) is 0 Å². The molecule has 6 heteroatoms. The smallest absolute Gasteiger partial charge is 0.331 e. The van der Waals surface area contributed by atoms with Crippen LogP contribution in [-0.2, 0) is 14.3 Å². The molecule has 1 aliphatic rings. The third kappa shape index (κ3) is 1.82. The normalized spacial score (nSPS) is 30.4. The molecule has 0 aromatic rings. The van der Waals surface area contributed by atoms with Gasteiger partial charge in [-0.05, 0) is 0 Å². The predicted molar refractivity (Wildman–Crippen MR) is 35.9 cm³/mol. The van der Waals surface area contributed by atoms with Gasteiger partial charge in [0.25, 0.3) is 6.36 Å². The van der Waals surface area contributed by atoms with Crippen molar-refractivity contribution in [3.63, 3.8) is 0 Å². The summed E-state index contributed by atoms with van der Waals surface area (Å²) < 4.78 is 45.2. The first-order valence-corrected chi connectivity index (χ1v) is 3.45. The lowest BCUT2D eigenvalue weighted by molar-refractivity contribution is -0.363. The Hall–Kier alpha value is -1.04. The first-order valence-electron chi connectivity index (χ1n) is 3.45. The molecule has 0 aliphatic carbocycles. The summed E-state index contributed by atoms with van der Waals surface area (Å²) in [5.41, 5.74) is 0. The third-order valence-electron chi connectivity index (χ3n) is 1.56. The van der Waals surface area contributed by atoms with E-state index in [1.54, 1.807) is 0 Å². The Morgan fingerprint density at radius 1 is 1.69 bits per heavy atom. The molecular weight excluding hydrogens is 189 g/mol. The second-order valence-corrected chi connectivity index (χ2v) is 2.45. The van der Waals surface area contributed by atoms with Gasteiger partial charge in [0.2, 0.25) is 0 Å². The van der Waals surface area contributed by atoms with Crippen molar-refractivity contribution >= 4 is 5.97 Å². The van der Waals surface area contributed by atoms with E-state index in [9.17, 15) is 18.0 Å². The Labute approximate surface area is 72.1 Å². The number of hydrogen-bond donors (Lipinski definition) is 0. The quantitative estimate of drug-likeness (QED) is 0.499.